The Bertz CT molecular complexity index is 734. The van der Waals surface area contributed by atoms with Crippen LogP contribution in [0.1, 0.15) is 24.0 Å². The number of benzene rings is 1. The molecule has 1 aliphatic rings. The molecule has 0 aliphatic carbocycles. The summed E-state index contributed by atoms with van der Waals surface area (Å²) in [5.74, 6) is 0. The van der Waals surface area contributed by atoms with Crippen LogP contribution in [0.15, 0.2) is 48.8 Å². The highest BCUT2D eigenvalue weighted by molar-refractivity contribution is 5.89. The van der Waals surface area contributed by atoms with E-state index in [-0.39, 0.29) is 12.1 Å². The van der Waals surface area contributed by atoms with Crippen LogP contribution in [0.5, 0.6) is 0 Å². The highest BCUT2D eigenvalue weighted by Gasteiger charge is 2.23. The number of nitrogens with one attached hydrogen (secondary N) is 1. The second-order valence-electron chi connectivity index (χ2n) is 6.00. The molecule has 2 amide bonds. The van der Waals surface area contributed by atoms with E-state index in [0.29, 0.717) is 24.3 Å². The van der Waals surface area contributed by atoms with Crippen molar-refractivity contribution in [2.24, 2.45) is 0 Å². The first-order valence-electron chi connectivity index (χ1n) is 8.31. The lowest BCUT2D eigenvalue weighted by Gasteiger charge is -2.25. The molecule has 1 fully saturated rings. The molecule has 1 aromatic heterocycles. The first-order chi connectivity index (χ1) is 12.2. The van der Waals surface area contributed by atoms with Gasteiger partial charge in [0.2, 0.25) is 0 Å². The fraction of sp³-hybridized carbons (Fsp3) is 0.316. The van der Waals surface area contributed by atoms with Gasteiger partial charge in [-0.25, -0.2) is 4.79 Å². The predicted octanol–water partition coefficient (Wildman–Crippen LogP) is 3.17. The number of carbonyl (C=O) groups excluding carboxylic acids is 1. The Morgan fingerprint density at radius 1 is 1.36 bits per heavy atom. The molecule has 0 radical (unpaired) electrons. The van der Waals surface area contributed by atoms with Crippen molar-refractivity contribution in [3.63, 3.8) is 0 Å². The van der Waals surface area contributed by atoms with Gasteiger partial charge in [-0.1, -0.05) is 6.07 Å². The molecule has 0 saturated carbocycles. The number of ether oxygens (including phenoxy) is 1. The molecule has 25 heavy (non-hydrogen) atoms. The van der Waals surface area contributed by atoms with Crippen LogP contribution >= 0.6 is 0 Å². The van der Waals surface area contributed by atoms with Crippen LogP contribution in [0.3, 0.4) is 0 Å². The third-order valence-electron chi connectivity index (χ3n) is 4.10. The molecule has 6 nitrogen and oxygen atoms in total. The number of amides is 2. The maximum atomic E-state index is 12.7. The summed E-state index contributed by atoms with van der Waals surface area (Å²) in [5, 5.41) is 11.7. The van der Waals surface area contributed by atoms with E-state index in [0.717, 1.165) is 25.0 Å². The SMILES string of the molecule is N#Cc1ccc(NC(=O)N(Cc2cccnc2)CC2CCCO2)cc1. The Balaban J connectivity index is 1.69. The molecule has 1 aromatic carbocycles. The number of anilines is 1. The van der Waals surface area contributed by atoms with E-state index < -0.39 is 0 Å². The van der Waals surface area contributed by atoms with E-state index in [2.05, 4.69) is 16.4 Å². The maximum Gasteiger partial charge on any atom is 0.322 e. The average molecular weight is 336 g/mol. The highest BCUT2D eigenvalue weighted by Crippen LogP contribution is 2.17. The summed E-state index contributed by atoms with van der Waals surface area (Å²) in [6, 6.07) is 12.5. The summed E-state index contributed by atoms with van der Waals surface area (Å²) < 4.78 is 5.68. The Morgan fingerprint density at radius 2 is 2.20 bits per heavy atom. The van der Waals surface area contributed by atoms with Crippen LogP contribution < -0.4 is 5.32 Å². The van der Waals surface area contributed by atoms with Crippen molar-refractivity contribution in [1.29, 1.82) is 5.26 Å². The second kappa shape index (κ2) is 8.27. The fourth-order valence-corrected chi connectivity index (χ4v) is 2.80. The Hall–Kier alpha value is -2.91. The van der Waals surface area contributed by atoms with Gasteiger partial charge in [0, 0.05) is 37.8 Å². The molecule has 1 unspecified atom stereocenters. The quantitative estimate of drug-likeness (QED) is 0.909. The number of urea groups is 1. The minimum atomic E-state index is -0.191. The lowest BCUT2D eigenvalue weighted by molar-refractivity contribution is 0.0819. The molecule has 1 saturated heterocycles. The van der Waals surface area contributed by atoms with E-state index >= 15 is 0 Å². The smallest absolute Gasteiger partial charge is 0.322 e. The average Bonchev–Trinajstić information content (AvgIpc) is 3.16. The largest absolute Gasteiger partial charge is 0.376 e. The number of pyridine rings is 1. The van der Waals surface area contributed by atoms with Crippen molar-refractivity contribution in [2.45, 2.75) is 25.5 Å². The number of nitrogens with zero attached hydrogens (tertiary/aromatic N) is 3. The molecule has 3 rings (SSSR count). The number of rotatable bonds is 5. The highest BCUT2D eigenvalue weighted by atomic mass is 16.5. The second-order valence-corrected chi connectivity index (χ2v) is 6.00. The molecule has 2 aromatic rings. The number of aromatic nitrogens is 1. The minimum Gasteiger partial charge on any atom is -0.376 e. The Morgan fingerprint density at radius 3 is 2.84 bits per heavy atom. The maximum absolute atomic E-state index is 12.7. The van der Waals surface area contributed by atoms with Gasteiger partial charge in [-0.05, 0) is 48.7 Å². The van der Waals surface area contributed by atoms with Gasteiger partial charge in [-0.2, -0.15) is 5.26 Å². The third kappa shape index (κ3) is 4.78. The first kappa shape index (κ1) is 16.9. The normalized spacial score (nSPS) is 16.2. The van der Waals surface area contributed by atoms with E-state index in [1.54, 1.807) is 41.6 Å². The monoisotopic (exact) mass is 336 g/mol. The number of hydrogen-bond acceptors (Lipinski definition) is 4. The van der Waals surface area contributed by atoms with Gasteiger partial charge in [0.15, 0.2) is 0 Å². The van der Waals surface area contributed by atoms with Crippen LogP contribution in [0, 0.1) is 11.3 Å². The van der Waals surface area contributed by atoms with Crippen LogP contribution in [-0.2, 0) is 11.3 Å². The molecule has 0 spiro atoms. The van der Waals surface area contributed by atoms with Crippen LogP contribution in [0.4, 0.5) is 10.5 Å². The molecule has 6 heteroatoms. The molecule has 0 bridgehead atoms. The first-order valence-corrected chi connectivity index (χ1v) is 8.31. The molecular weight excluding hydrogens is 316 g/mol. The van der Waals surface area contributed by atoms with Gasteiger partial charge in [0.1, 0.15) is 0 Å². The number of carbonyl (C=O) groups is 1. The predicted molar refractivity (Wildman–Crippen MR) is 93.8 cm³/mol. The van der Waals surface area contributed by atoms with Gasteiger partial charge in [0.05, 0.1) is 17.7 Å². The van der Waals surface area contributed by atoms with Crippen LogP contribution in [-0.4, -0.2) is 35.2 Å². The van der Waals surface area contributed by atoms with E-state index in [4.69, 9.17) is 10.00 Å². The van der Waals surface area contributed by atoms with Gasteiger partial charge in [-0.15, -0.1) is 0 Å². The van der Waals surface area contributed by atoms with Crippen molar-refractivity contribution in [3.05, 3.63) is 59.9 Å². The standard InChI is InChI=1S/C19H20N4O2/c20-11-15-5-7-17(8-6-15)22-19(24)23(14-18-4-2-10-25-18)13-16-3-1-9-21-12-16/h1,3,5-9,12,18H,2,4,10,13-14H2,(H,22,24). The minimum absolute atomic E-state index is 0.0726. The van der Waals surface area contributed by atoms with Gasteiger partial charge in [-0.3, -0.25) is 4.98 Å². The van der Waals surface area contributed by atoms with Crippen molar-refractivity contribution in [3.8, 4) is 6.07 Å². The summed E-state index contributed by atoms with van der Waals surface area (Å²) in [6.07, 6.45) is 5.54. The Labute approximate surface area is 147 Å². The molecule has 1 aliphatic heterocycles. The van der Waals surface area contributed by atoms with E-state index in [9.17, 15) is 4.79 Å². The molecule has 128 valence electrons. The number of hydrogen-bond donors (Lipinski definition) is 1. The van der Waals surface area contributed by atoms with Crippen molar-refractivity contribution >= 4 is 11.7 Å². The van der Waals surface area contributed by atoms with Crippen LogP contribution in [0.2, 0.25) is 0 Å². The molecule has 1 atom stereocenters. The molecular formula is C19H20N4O2. The third-order valence-corrected chi connectivity index (χ3v) is 4.10. The van der Waals surface area contributed by atoms with Crippen molar-refractivity contribution < 1.29 is 9.53 Å². The topological polar surface area (TPSA) is 78.3 Å². The van der Waals surface area contributed by atoms with Gasteiger partial charge in [0.25, 0.3) is 0 Å². The summed E-state index contributed by atoms with van der Waals surface area (Å²) in [7, 11) is 0. The molecule has 1 N–H and O–H groups in total. The lowest BCUT2D eigenvalue weighted by Crippen LogP contribution is -2.39. The number of nitriles is 1. The van der Waals surface area contributed by atoms with Crippen LogP contribution in [0.25, 0.3) is 0 Å². The van der Waals surface area contributed by atoms with E-state index in [1.165, 1.54) is 0 Å². The van der Waals surface area contributed by atoms with Crippen molar-refractivity contribution in [1.82, 2.24) is 9.88 Å². The fourth-order valence-electron chi connectivity index (χ4n) is 2.80. The lowest BCUT2D eigenvalue weighted by atomic mass is 10.2. The van der Waals surface area contributed by atoms with Gasteiger partial charge >= 0.3 is 6.03 Å². The van der Waals surface area contributed by atoms with Crippen molar-refractivity contribution in [2.75, 3.05) is 18.5 Å². The zero-order valence-electron chi connectivity index (χ0n) is 13.9. The summed E-state index contributed by atoms with van der Waals surface area (Å²) in [4.78, 5) is 18.6. The summed E-state index contributed by atoms with van der Waals surface area (Å²) in [6.45, 7) is 1.76. The summed E-state index contributed by atoms with van der Waals surface area (Å²) >= 11 is 0. The molecule has 2 heterocycles. The zero-order valence-corrected chi connectivity index (χ0v) is 13.9. The van der Waals surface area contributed by atoms with E-state index in [1.807, 2.05) is 12.1 Å². The summed E-state index contributed by atoms with van der Waals surface area (Å²) in [5.41, 5.74) is 2.19. The zero-order chi connectivity index (χ0) is 17.5. The van der Waals surface area contributed by atoms with Gasteiger partial charge < -0.3 is 15.0 Å². The Kier molecular flexibility index (Phi) is 5.60.